The van der Waals surface area contributed by atoms with E-state index in [0.717, 1.165) is 24.2 Å². The predicted octanol–water partition coefficient (Wildman–Crippen LogP) is 5.52. The first-order valence-electron chi connectivity index (χ1n) is 16.5. The number of hydrogen-bond donors (Lipinski definition) is 3. The van der Waals surface area contributed by atoms with E-state index in [1.165, 1.54) is 16.7 Å². The van der Waals surface area contributed by atoms with Crippen molar-refractivity contribution in [2.24, 2.45) is 17.6 Å². The third-order valence-electron chi connectivity index (χ3n) is 8.37. The third-order valence-corrected chi connectivity index (χ3v) is 8.37. The van der Waals surface area contributed by atoms with Crippen molar-refractivity contribution in [1.82, 2.24) is 14.7 Å². The molecule has 3 aromatic carbocycles. The van der Waals surface area contributed by atoms with Crippen molar-refractivity contribution in [2.75, 3.05) is 45.6 Å². The van der Waals surface area contributed by atoms with Gasteiger partial charge in [0.15, 0.2) is 0 Å². The number of anilines is 1. The number of benzene rings is 3. The largest absolute Gasteiger partial charge is 0.377 e. The number of rotatable bonds is 8. The normalized spacial score (nSPS) is 17.1. The van der Waals surface area contributed by atoms with Crippen molar-refractivity contribution in [1.29, 1.82) is 5.41 Å². The molecule has 0 aromatic heterocycles. The molecule has 9 heteroatoms. The Kier molecular flexibility index (Phi) is 13.7. The molecule has 2 heterocycles. The maximum Gasteiger partial charge on any atom is 0.249 e. The van der Waals surface area contributed by atoms with Crippen LogP contribution in [0.2, 0.25) is 0 Å². The molecule has 0 aliphatic carbocycles. The van der Waals surface area contributed by atoms with Gasteiger partial charge in [-0.15, -0.1) is 0 Å². The second kappa shape index (κ2) is 17.4. The minimum absolute atomic E-state index is 0.0581. The van der Waals surface area contributed by atoms with Gasteiger partial charge in [0.25, 0.3) is 0 Å². The van der Waals surface area contributed by atoms with Crippen LogP contribution < -0.4 is 11.1 Å². The highest BCUT2D eigenvalue weighted by molar-refractivity contribution is 6.14. The van der Waals surface area contributed by atoms with E-state index in [0.29, 0.717) is 49.4 Å². The topological polar surface area (TPSA) is 123 Å². The lowest BCUT2D eigenvalue weighted by Gasteiger charge is -2.36. The number of carbonyl (C=O) groups excluding carboxylic acids is 3. The highest BCUT2D eigenvalue weighted by Crippen LogP contribution is 2.40. The van der Waals surface area contributed by atoms with Crippen molar-refractivity contribution >= 4 is 29.6 Å². The summed E-state index contributed by atoms with van der Waals surface area (Å²) in [5.74, 6) is -0.396. The number of nitrogens with two attached hydrogens (primary N) is 1. The van der Waals surface area contributed by atoms with Crippen molar-refractivity contribution in [3.8, 4) is 0 Å². The number of amides is 3. The molecule has 47 heavy (non-hydrogen) atoms. The van der Waals surface area contributed by atoms with E-state index in [1.807, 2.05) is 44.7 Å². The summed E-state index contributed by atoms with van der Waals surface area (Å²) in [5.41, 5.74) is 12.7. The van der Waals surface area contributed by atoms with Crippen molar-refractivity contribution < 1.29 is 14.4 Å². The molecular weight excluding hydrogens is 588 g/mol. The summed E-state index contributed by atoms with van der Waals surface area (Å²) < 4.78 is 0. The number of nitrogens with one attached hydrogen (secondary N) is 2. The summed E-state index contributed by atoms with van der Waals surface area (Å²) in [4.78, 5) is 39.7. The first kappa shape index (κ1) is 37.0. The van der Waals surface area contributed by atoms with Gasteiger partial charge in [0.2, 0.25) is 18.2 Å². The fraction of sp³-hybridized carbons (Fsp3) is 0.421. The van der Waals surface area contributed by atoms with Gasteiger partial charge < -0.3 is 31.2 Å². The van der Waals surface area contributed by atoms with E-state index >= 15 is 0 Å². The summed E-state index contributed by atoms with van der Waals surface area (Å²) in [7, 11) is 4.12. The standard InChI is InChI=1S/C27H30N4O.C9H16N2O2.C2H6/c1-17-7-9-18(10-8-17)15-22-25(28)24-21(27(29)32)5-4-6-23(24)30-26(22)20-13-11-19(12-14-20)16-31(2)3;1-8(2)9(13)11-5-3-10(7-12)4-6-11;1-2/h4-14,22,26,28,30H,15-16H2,1-3H3,(H2,29,32);7-8H,3-6H2,1-2H3;1-2H3. The number of aryl methyl sites for hydroxylation is 1. The van der Waals surface area contributed by atoms with E-state index < -0.39 is 5.91 Å². The van der Waals surface area contributed by atoms with Gasteiger partial charge in [-0.1, -0.05) is 87.9 Å². The Labute approximate surface area is 280 Å². The Morgan fingerprint density at radius 2 is 1.55 bits per heavy atom. The van der Waals surface area contributed by atoms with Gasteiger partial charge in [0, 0.05) is 61.5 Å². The first-order chi connectivity index (χ1) is 22.5. The van der Waals surface area contributed by atoms with E-state index in [4.69, 9.17) is 11.1 Å². The molecule has 3 amide bonds. The van der Waals surface area contributed by atoms with Crippen LogP contribution in [-0.2, 0) is 22.6 Å². The van der Waals surface area contributed by atoms with Crippen molar-refractivity contribution in [2.45, 2.75) is 53.6 Å². The summed E-state index contributed by atoms with van der Waals surface area (Å²) >= 11 is 0. The molecule has 0 spiro atoms. The monoisotopic (exact) mass is 640 g/mol. The number of carbonyl (C=O) groups is 3. The molecule has 1 saturated heterocycles. The third kappa shape index (κ3) is 9.75. The molecule has 2 aliphatic heterocycles. The van der Waals surface area contributed by atoms with E-state index in [2.05, 4.69) is 79.8 Å². The molecule has 0 radical (unpaired) electrons. The zero-order chi connectivity index (χ0) is 34.7. The molecule has 2 atom stereocenters. The number of fused-ring (bicyclic) bond motifs is 1. The SMILES string of the molecule is CC.CC(C)C(=O)N1CCN(C=O)CC1.Cc1ccc(CC2C(=N)c3c(cccc3C(N)=O)NC2c2ccc(CN(C)C)cc2)cc1. The highest BCUT2D eigenvalue weighted by Gasteiger charge is 2.36. The van der Waals surface area contributed by atoms with Crippen LogP contribution in [0.1, 0.15) is 71.9 Å². The summed E-state index contributed by atoms with van der Waals surface area (Å²) in [5, 5.41) is 12.7. The van der Waals surface area contributed by atoms with Crippen LogP contribution >= 0.6 is 0 Å². The van der Waals surface area contributed by atoms with Gasteiger partial charge in [-0.3, -0.25) is 14.4 Å². The second-order valence-corrected chi connectivity index (χ2v) is 12.5. The van der Waals surface area contributed by atoms with Crippen LogP contribution in [0.15, 0.2) is 66.7 Å². The Hall–Kier alpha value is -4.50. The van der Waals surface area contributed by atoms with Gasteiger partial charge >= 0.3 is 0 Å². The Bertz CT molecular complexity index is 1490. The molecule has 1 fully saturated rings. The maximum absolute atomic E-state index is 12.1. The number of primary amides is 1. The zero-order valence-corrected chi connectivity index (χ0v) is 29.0. The van der Waals surface area contributed by atoms with E-state index in [1.54, 1.807) is 11.0 Å². The molecule has 9 nitrogen and oxygen atoms in total. The maximum atomic E-state index is 12.1. The number of nitrogens with zero attached hydrogens (tertiary/aromatic N) is 3. The molecule has 0 bridgehead atoms. The van der Waals surface area contributed by atoms with Crippen LogP contribution in [-0.4, -0.2) is 78.9 Å². The minimum atomic E-state index is -0.506. The van der Waals surface area contributed by atoms with Crippen molar-refractivity contribution in [3.63, 3.8) is 0 Å². The van der Waals surface area contributed by atoms with Crippen LogP contribution in [0.5, 0.6) is 0 Å². The molecule has 252 valence electrons. The predicted molar refractivity (Wildman–Crippen MR) is 191 cm³/mol. The minimum Gasteiger partial charge on any atom is -0.377 e. The van der Waals surface area contributed by atoms with Crippen LogP contribution in [0.4, 0.5) is 5.69 Å². The highest BCUT2D eigenvalue weighted by atomic mass is 16.2. The zero-order valence-electron chi connectivity index (χ0n) is 29.0. The lowest BCUT2D eigenvalue weighted by Crippen LogP contribution is -2.49. The average molecular weight is 641 g/mol. The van der Waals surface area contributed by atoms with Crippen LogP contribution in [0, 0.1) is 24.2 Å². The van der Waals surface area contributed by atoms with E-state index in [9.17, 15) is 14.4 Å². The quantitative estimate of drug-likeness (QED) is 0.280. The van der Waals surface area contributed by atoms with Gasteiger partial charge in [0.05, 0.1) is 11.6 Å². The molecule has 2 aliphatic rings. The fourth-order valence-electron chi connectivity index (χ4n) is 5.91. The number of piperazine rings is 1. The first-order valence-corrected chi connectivity index (χ1v) is 16.5. The number of hydrogen-bond acceptors (Lipinski definition) is 6. The van der Waals surface area contributed by atoms with Crippen LogP contribution in [0.25, 0.3) is 0 Å². The second-order valence-electron chi connectivity index (χ2n) is 12.5. The molecule has 5 rings (SSSR count). The lowest BCUT2D eigenvalue weighted by molar-refractivity contribution is -0.138. The van der Waals surface area contributed by atoms with Gasteiger partial charge in [-0.2, -0.15) is 0 Å². The van der Waals surface area contributed by atoms with Crippen LogP contribution in [0.3, 0.4) is 0 Å². The molecule has 3 aromatic rings. The smallest absolute Gasteiger partial charge is 0.249 e. The summed E-state index contributed by atoms with van der Waals surface area (Å²) in [6, 6.07) is 22.4. The fourth-order valence-corrected chi connectivity index (χ4v) is 5.91. The Balaban J connectivity index is 0.000000335. The summed E-state index contributed by atoms with van der Waals surface area (Å²) in [6.45, 7) is 13.4. The molecular formula is C38H52N6O3. The Morgan fingerprint density at radius 3 is 2.09 bits per heavy atom. The average Bonchev–Trinajstić information content (AvgIpc) is 3.07. The van der Waals surface area contributed by atoms with Gasteiger partial charge in [-0.25, -0.2) is 0 Å². The van der Waals surface area contributed by atoms with E-state index in [-0.39, 0.29) is 23.8 Å². The van der Waals surface area contributed by atoms with Gasteiger partial charge in [0.1, 0.15) is 0 Å². The molecule has 0 saturated carbocycles. The molecule has 4 N–H and O–H groups in total. The summed E-state index contributed by atoms with van der Waals surface area (Å²) in [6.07, 6.45) is 1.54. The molecule has 2 unspecified atom stereocenters. The Morgan fingerprint density at radius 1 is 0.957 bits per heavy atom. The van der Waals surface area contributed by atoms with Crippen molar-refractivity contribution in [3.05, 3.63) is 100 Å². The van der Waals surface area contributed by atoms with Gasteiger partial charge in [-0.05, 0) is 56.3 Å². The lowest BCUT2D eigenvalue weighted by atomic mass is 9.77.